The summed E-state index contributed by atoms with van der Waals surface area (Å²) in [6.45, 7) is 3.72. The van der Waals surface area contributed by atoms with E-state index in [1.165, 1.54) is 0 Å². The number of aryl methyl sites for hydroxylation is 1. The van der Waals surface area contributed by atoms with Gasteiger partial charge in [-0.2, -0.15) is 0 Å². The summed E-state index contributed by atoms with van der Waals surface area (Å²) in [4.78, 5) is 25.3. The zero-order valence-electron chi connectivity index (χ0n) is 16.2. The molecule has 0 saturated heterocycles. The highest BCUT2D eigenvalue weighted by atomic mass is 32.2. The molecule has 0 aliphatic heterocycles. The number of ether oxygens (including phenoxy) is 1. The number of rotatable bonds is 6. The van der Waals surface area contributed by atoms with Crippen molar-refractivity contribution >= 4 is 28.4 Å². The number of carbonyl (C=O) groups is 2. The largest absolute Gasteiger partial charge is 0.423 e. The number of esters is 1. The Morgan fingerprint density at radius 3 is 2.38 bits per heavy atom. The molecule has 3 rings (SSSR count). The van der Waals surface area contributed by atoms with Crippen molar-refractivity contribution in [1.29, 1.82) is 0 Å². The fourth-order valence-corrected chi connectivity index (χ4v) is 3.69. The van der Waals surface area contributed by atoms with Gasteiger partial charge in [-0.05, 0) is 55.5 Å². The van der Waals surface area contributed by atoms with E-state index in [9.17, 15) is 13.8 Å². The predicted octanol–water partition coefficient (Wildman–Crippen LogP) is 4.59. The van der Waals surface area contributed by atoms with Gasteiger partial charge in [-0.3, -0.25) is 9.00 Å². The molecular weight excluding hydrogens is 386 g/mol. The minimum atomic E-state index is -1.26. The van der Waals surface area contributed by atoms with Crippen LogP contribution in [0.3, 0.4) is 0 Å². The maximum absolute atomic E-state index is 12.5. The highest BCUT2D eigenvalue weighted by Crippen LogP contribution is 2.20. The van der Waals surface area contributed by atoms with Gasteiger partial charge >= 0.3 is 5.97 Å². The van der Waals surface area contributed by atoms with Crippen LogP contribution >= 0.6 is 0 Å². The quantitative estimate of drug-likeness (QED) is 0.479. The highest BCUT2D eigenvalue weighted by molar-refractivity contribution is 7.85. The summed E-state index contributed by atoms with van der Waals surface area (Å²) >= 11 is 0. The van der Waals surface area contributed by atoms with Crippen molar-refractivity contribution in [1.82, 2.24) is 0 Å². The van der Waals surface area contributed by atoms with E-state index in [0.29, 0.717) is 27.6 Å². The lowest BCUT2D eigenvalue weighted by Crippen LogP contribution is -2.13. The summed E-state index contributed by atoms with van der Waals surface area (Å²) in [5, 5.41) is 2.81. The molecule has 1 atom stereocenters. The van der Waals surface area contributed by atoms with Gasteiger partial charge in [0.25, 0.3) is 5.91 Å². The van der Waals surface area contributed by atoms with Crippen molar-refractivity contribution in [2.24, 2.45) is 0 Å². The maximum atomic E-state index is 12.5. The summed E-state index contributed by atoms with van der Waals surface area (Å²) in [7, 11) is -1.26. The fraction of sp³-hybridized carbons (Fsp3) is 0.130. The number of hydrogen-bond donors (Lipinski definition) is 1. The summed E-state index contributed by atoms with van der Waals surface area (Å²) in [5.41, 5.74) is 2.44. The van der Waals surface area contributed by atoms with E-state index in [-0.39, 0.29) is 11.5 Å². The molecule has 0 aromatic heterocycles. The van der Waals surface area contributed by atoms with E-state index in [4.69, 9.17) is 4.74 Å². The van der Waals surface area contributed by atoms with Crippen molar-refractivity contribution < 1.29 is 18.5 Å². The van der Waals surface area contributed by atoms with Crippen molar-refractivity contribution in [3.05, 3.63) is 89.5 Å². The molecule has 0 aliphatic rings. The summed E-state index contributed by atoms with van der Waals surface area (Å²) < 4.78 is 17.5. The van der Waals surface area contributed by atoms with Gasteiger partial charge in [0, 0.05) is 17.0 Å². The van der Waals surface area contributed by atoms with E-state index in [2.05, 4.69) is 5.32 Å². The van der Waals surface area contributed by atoms with Crippen LogP contribution in [-0.2, 0) is 10.8 Å². The number of hydrogen-bond acceptors (Lipinski definition) is 4. The van der Waals surface area contributed by atoms with Crippen LogP contribution in [0, 0.1) is 6.92 Å². The third-order valence-electron chi connectivity index (χ3n) is 4.22. The topological polar surface area (TPSA) is 72.5 Å². The van der Waals surface area contributed by atoms with Crippen LogP contribution < -0.4 is 10.1 Å². The maximum Gasteiger partial charge on any atom is 0.344 e. The molecular formula is C23H21NO4S. The first-order valence-electron chi connectivity index (χ1n) is 9.15. The van der Waals surface area contributed by atoms with Crippen molar-refractivity contribution in [2.45, 2.75) is 18.7 Å². The Hall–Kier alpha value is -3.25. The minimum Gasteiger partial charge on any atom is -0.423 e. The molecule has 0 spiro atoms. The molecule has 0 bridgehead atoms. The zero-order valence-corrected chi connectivity index (χ0v) is 17.0. The summed E-state index contributed by atoms with van der Waals surface area (Å²) in [6.07, 6.45) is 0. The minimum absolute atomic E-state index is 0.214. The Kier molecular flexibility index (Phi) is 6.57. The van der Waals surface area contributed by atoms with Crippen molar-refractivity contribution in [2.75, 3.05) is 11.1 Å². The van der Waals surface area contributed by atoms with Gasteiger partial charge in [0.2, 0.25) is 0 Å². The number of carbonyl (C=O) groups excluding carboxylic acids is 2. The smallest absolute Gasteiger partial charge is 0.344 e. The van der Waals surface area contributed by atoms with E-state index in [1.807, 2.05) is 25.1 Å². The van der Waals surface area contributed by atoms with Crippen LogP contribution in [0.25, 0.3) is 0 Å². The first kappa shape index (κ1) is 20.5. The Balaban J connectivity index is 1.69. The molecule has 29 heavy (non-hydrogen) atoms. The second-order valence-electron chi connectivity index (χ2n) is 6.37. The first-order chi connectivity index (χ1) is 14.0. The predicted molar refractivity (Wildman–Crippen MR) is 114 cm³/mol. The molecule has 3 aromatic carbocycles. The lowest BCUT2D eigenvalue weighted by molar-refractivity contribution is 0.0730. The van der Waals surface area contributed by atoms with Crippen LogP contribution in [0.2, 0.25) is 0 Å². The SMILES string of the molecule is CC[S@@](=O)c1ccccc1C(=O)Oc1ccc(NC(=O)c2cccc(C)c2)cc1. The second-order valence-corrected chi connectivity index (χ2v) is 8.08. The third kappa shape index (κ3) is 5.18. The number of anilines is 1. The monoisotopic (exact) mass is 407 g/mol. The molecule has 0 saturated carbocycles. The van der Waals surface area contributed by atoms with Gasteiger partial charge in [0.05, 0.1) is 21.3 Å². The van der Waals surface area contributed by atoms with Crippen LogP contribution in [0.15, 0.2) is 77.7 Å². The Morgan fingerprint density at radius 2 is 1.69 bits per heavy atom. The fourth-order valence-electron chi connectivity index (χ4n) is 2.75. The Morgan fingerprint density at radius 1 is 0.966 bits per heavy atom. The molecule has 0 unspecified atom stereocenters. The van der Waals surface area contributed by atoms with Crippen LogP contribution in [0.4, 0.5) is 5.69 Å². The standard InChI is InChI=1S/C23H21NO4S/c1-3-29(27)21-10-5-4-9-20(21)23(26)28-19-13-11-18(12-14-19)24-22(25)17-8-6-7-16(2)15-17/h4-15H,3H2,1-2H3,(H,24,25)/t29-/m1/s1. The molecule has 148 valence electrons. The van der Waals surface area contributed by atoms with Gasteiger partial charge in [-0.25, -0.2) is 4.79 Å². The van der Waals surface area contributed by atoms with Gasteiger partial charge < -0.3 is 10.1 Å². The first-order valence-corrected chi connectivity index (χ1v) is 10.5. The van der Waals surface area contributed by atoms with Crippen molar-refractivity contribution in [3.63, 3.8) is 0 Å². The molecule has 6 heteroatoms. The summed E-state index contributed by atoms with van der Waals surface area (Å²) in [6, 6.07) is 20.5. The number of nitrogens with one attached hydrogen (secondary N) is 1. The molecule has 1 N–H and O–H groups in total. The highest BCUT2D eigenvalue weighted by Gasteiger charge is 2.16. The number of amides is 1. The van der Waals surface area contributed by atoms with E-state index < -0.39 is 16.8 Å². The van der Waals surface area contributed by atoms with Gasteiger partial charge in [-0.1, -0.05) is 36.8 Å². The van der Waals surface area contributed by atoms with Crippen LogP contribution in [0.5, 0.6) is 5.75 Å². The Labute approximate surface area is 172 Å². The van der Waals surface area contributed by atoms with Crippen LogP contribution in [0.1, 0.15) is 33.2 Å². The lowest BCUT2D eigenvalue weighted by Gasteiger charge is -2.10. The van der Waals surface area contributed by atoms with Crippen LogP contribution in [-0.4, -0.2) is 21.8 Å². The van der Waals surface area contributed by atoms with Gasteiger partial charge in [0.1, 0.15) is 5.75 Å². The second kappa shape index (κ2) is 9.30. The molecule has 1 amide bonds. The average molecular weight is 407 g/mol. The van der Waals surface area contributed by atoms with Gasteiger partial charge in [0.15, 0.2) is 0 Å². The zero-order chi connectivity index (χ0) is 20.8. The average Bonchev–Trinajstić information content (AvgIpc) is 2.74. The van der Waals surface area contributed by atoms with Crippen molar-refractivity contribution in [3.8, 4) is 5.75 Å². The van der Waals surface area contributed by atoms with Gasteiger partial charge in [-0.15, -0.1) is 0 Å². The number of benzene rings is 3. The molecule has 3 aromatic rings. The molecule has 0 radical (unpaired) electrons. The molecule has 0 aliphatic carbocycles. The molecule has 0 heterocycles. The molecule has 0 fully saturated rings. The van der Waals surface area contributed by atoms with E-state index >= 15 is 0 Å². The normalized spacial score (nSPS) is 11.5. The van der Waals surface area contributed by atoms with E-state index in [0.717, 1.165) is 5.56 Å². The molecule has 5 nitrogen and oxygen atoms in total. The van der Waals surface area contributed by atoms with E-state index in [1.54, 1.807) is 61.5 Å². The lowest BCUT2D eigenvalue weighted by atomic mass is 10.1. The third-order valence-corrected chi connectivity index (χ3v) is 5.59. The Bertz CT molecular complexity index is 1060. The summed E-state index contributed by atoms with van der Waals surface area (Å²) in [5.74, 6) is -0.0337.